The normalized spacial score (nSPS) is 14.0. The molecule has 0 spiro atoms. The summed E-state index contributed by atoms with van der Waals surface area (Å²) in [5, 5.41) is 0. The SMILES string of the molecule is Cc1cccc2c1N(B1c3ccccc3N(C)c3ccccc31)c1c(C)cccc1N2C. The molecule has 0 saturated carbocycles. The number of hydrogen-bond donors (Lipinski definition) is 0. The van der Waals surface area contributed by atoms with Crippen LogP contribution in [-0.2, 0) is 0 Å². The fraction of sp³-hybridized carbons (Fsp3) is 0.143. The van der Waals surface area contributed by atoms with Crippen LogP contribution in [0.3, 0.4) is 0 Å². The van der Waals surface area contributed by atoms with E-state index in [4.69, 9.17) is 0 Å². The smallest absolute Gasteiger partial charge is 0.332 e. The van der Waals surface area contributed by atoms with Gasteiger partial charge in [-0.25, -0.2) is 0 Å². The van der Waals surface area contributed by atoms with Crippen LogP contribution in [-0.4, -0.2) is 20.9 Å². The molecule has 2 heterocycles. The van der Waals surface area contributed by atoms with Crippen LogP contribution in [0.4, 0.5) is 34.1 Å². The maximum atomic E-state index is 2.60. The van der Waals surface area contributed by atoms with Crippen molar-refractivity contribution in [2.75, 3.05) is 28.7 Å². The van der Waals surface area contributed by atoms with Gasteiger partial charge in [0.15, 0.2) is 0 Å². The number of hydrogen-bond acceptors (Lipinski definition) is 3. The lowest BCUT2D eigenvalue weighted by Gasteiger charge is -2.46. The van der Waals surface area contributed by atoms with Gasteiger partial charge >= 0.3 is 6.85 Å². The van der Waals surface area contributed by atoms with Crippen LogP contribution < -0.4 is 25.5 Å². The van der Waals surface area contributed by atoms with Crippen molar-refractivity contribution < 1.29 is 0 Å². The third-order valence-electron chi connectivity index (χ3n) is 7.08. The topological polar surface area (TPSA) is 9.72 Å². The number of fused-ring (bicyclic) bond motifs is 4. The first kappa shape index (κ1) is 19.1. The van der Waals surface area contributed by atoms with Crippen LogP contribution in [0, 0.1) is 13.8 Å². The van der Waals surface area contributed by atoms with E-state index in [1.807, 2.05) is 0 Å². The van der Waals surface area contributed by atoms with Gasteiger partial charge in [-0.1, -0.05) is 60.7 Å². The van der Waals surface area contributed by atoms with E-state index in [1.165, 1.54) is 56.2 Å². The second kappa shape index (κ2) is 6.93. The second-order valence-corrected chi connectivity index (χ2v) is 8.89. The summed E-state index contributed by atoms with van der Waals surface area (Å²) >= 11 is 0. The molecule has 0 fully saturated rings. The zero-order valence-electron chi connectivity index (χ0n) is 19.0. The monoisotopic (exact) mass is 415 g/mol. The molecular formula is C28H26BN3. The highest BCUT2D eigenvalue weighted by Crippen LogP contribution is 2.50. The van der Waals surface area contributed by atoms with E-state index < -0.39 is 0 Å². The zero-order chi connectivity index (χ0) is 22.0. The third kappa shape index (κ3) is 2.50. The van der Waals surface area contributed by atoms with E-state index in [1.54, 1.807) is 0 Å². The van der Waals surface area contributed by atoms with Gasteiger partial charge in [-0.2, -0.15) is 0 Å². The Morgan fingerprint density at radius 2 is 0.906 bits per heavy atom. The van der Waals surface area contributed by atoms with Crippen LogP contribution in [0.5, 0.6) is 0 Å². The molecule has 0 amide bonds. The Bertz CT molecular complexity index is 1260. The predicted octanol–water partition coefficient (Wildman–Crippen LogP) is 5.41. The van der Waals surface area contributed by atoms with Crippen LogP contribution in [0.15, 0.2) is 84.9 Å². The van der Waals surface area contributed by atoms with Crippen LogP contribution in [0.2, 0.25) is 0 Å². The van der Waals surface area contributed by atoms with Gasteiger partial charge < -0.3 is 14.6 Å². The van der Waals surface area contributed by atoms with Crippen molar-refractivity contribution in [3.05, 3.63) is 96.1 Å². The number of aryl methyl sites for hydroxylation is 2. The summed E-state index contributed by atoms with van der Waals surface area (Å²) in [5.74, 6) is 0. The van der Waals surface area contributed by atoms with Gasteiger partial charge in [0, 0.05) is 25.5 Å². The minimum Gasteiger partial charge on any atom is -0.373 e. The van der Waals surface area contributed by atoms with Gasteiger partial charge in [-0.05, 0) is 60.2 Å². The maximum Gasteiger partial charge on any atom is 0.332 e. The molecule has 0 aliphatic carbocycles. The van der Waals surface area contributed by atoms with Crippen molar-refractivity contribution in [2.24, 2.45) is 0 Å². The molecular weight excluding hydrogens is 389 g/mol. The molecule has 4 aromatic carbocycles. The Morgan fingerprint density at radius 3 is 1.41 bits per heavy atom. The first-order valence-corrected chi connectivity index (χ1v) is 11.2. The molecule has 32 heavy (non-hydrogen) atoms. The molecule has 0 atom stereocenters. The molecule has 3 nitrogen and oxygen atoms in total. The van der Waals surface area contributed by atoms with E-state index in [0.29, 0.717) is 0 Å². The van der Waals surface area contributed by atoms with Gasteiger partial charge in [-0.3, -0.25) is 0 Å². The summed E-state index contributed by atoms with van der Waals surface area (Å²) in [6.07, 6.45) is 0. The molecule has 6 rings (SSSR count). The summed E-state index contributed by atoms with van der Waals surface area (Å²) in [5.41, 5.74) is 12.8. The van der Waals surface area contributed by atoms with Gasteiger partial charge in [-0.15, -0.1) is 0 Å². The lowest BCUT2D eigenvalue weighted by atomic mass is 9.46. The molecule has 0 unspecified atom stereocenters. The Hall–Kier alpha value is -3.66. The zero-order valence-corrected chi connectivity index (χ0v) is 19.0. The Labute approximate surface area is 190 Å². The number of rotatable bonds is 1. The molecule has 0 bridgehead atoms. The van der Waals surface area contributed by atoms with Crippen LogP contribution in [0.1, 0.15) is 11.1 Å². The minimum absolute atomic E-state index is 0.0898. The van der Waals surface area contributed by atoms with Gasteiger partial charge in [0.25, 0.3) is 0 Å². The molecule has 2 aliphatic heterocycles. The Balaban J connectivity index is 1.73. The van der Waals surface area contributed by atoms with Crippen LogP contribution in [0.25, 0.3) is 0 Å². The summed E-state index contributed by atoms with van der Waals surface area (Å²) in [4.78, 5) is 7.27. The fourth-order valence-corrected chi connectivity index (χ4v) is 5.58. The standard InChI is InChI=1S/C28H26BN3/c1-19-11-9-17-25-27(19)32(28-20(2)12-10-18-26(28)31(25)4)29-21-13-5-7-15-23(21)30(3)24-16-8-6-14-22(24)29/h5-18H,1-4H3. The highest BCUT2D eigenvalue weighted by Gasteiger charge is 2.42. The molecule has 0 N–H and O–H groups in total. The quantitative estimate of drug-likeness (QED) is 0.385. The van der Waals surface area contributed by atoms with Gasteiger partial charge in [0.2, 0.25) is 0 Å². The van der Waals surface area contributed by atoms with E-state index in [9.17, 15) is 0 Å². The predicted molar refractivity (Wildman–Crippen MR) is 139 cm³/mol. The van der Waals surface area contributed by atoms with Crippen molar-refractivity contribution in [1.29, 1.82) is 0 Å². The molecule has 4 aromatic rings. The maximum absolute atomic E-state index is 2.60. The van der Waals surface area contributed by atoms with E-state index >= 15 is 0 Å². The fourth-order valence-electron chi connectivity index (χ4n) is 5.58. The van der Waals surface area contributed by atoms with Gasteiger partial charge in [0.1, 0.15) is 0 Å². The molecule has 2 aliphatic rings. The molecule has 156 valence electrons. The average molecular weight is 415 g/mol. The average Bonchev–Trinajstić information content (AvgIpc) is 2.82. The number of anilines is 6. The number of nitrogens with zero attached hydrogens (tertiary/aromatic N) is 3. The van der Waals surface area contributed by atoms with E-state index in [2.05, 4.69) is 127 Å². The lowest BCUT2D eigenvalue weighted by Crippen LogP contribution is -2.60. The second-order valence-electron chi connectivity index (χ2n) is 8.89. The largest absolute Gasteiger partial charge is 0.373 e. The van der Waals surface area contributed by atoms with Crippen molar-refractivity contribution in [2.45, 2.75) is 13.8 Å². The summed E-state index contributed by atoms with van der Waals surface area (Å²) in [7, 11) is 4.36. The third-order valence-corrected chi connectivity index (χ3v) is 7.08. The number of para-hydroxylation sites is 4. The summed E-state index contributed by atoms with van der Waals surface area (Å²) in [6, 6.07) is 31.0. The molecule has 0 aromatic heterocycles. The first-order chi connectivity index (χ1) is 15.6. The minimum atomic E-state index is 0.0898. The highest BCUT2D eigenvalue weighted by molar-refractivity contribution is 6.92. The van der Waals surface area contributed by atoms with Crippen molar-refractivity contribution in [3.63, 3.8) is 0 Å². The summed E-state index contributed by atoms with van der Waals surface area (Å²) < 4.78 is 0. The van der Waals surface area contributed by atoms with E-state index in [0.717, 1.165) is 0 Å². The lowest BCUT2D eigenvalue weighted by molar-refractivity contribution is 1.13. The van der Waals surface area contributed by atoms with E-state index in [-0.39, 0.29) is 6.85 Å². The van der Waals surface area contributed by atoms with Crippen molar-refractivity contribution in [1.82, 2.24) is 0 Å². The highest BCUT2D eigenvalue weighted by atomic mass is 15.2. The molecule has 0 radical (unpaired) electrons. The Kier molecular flexibility index (Phi) is 4.13. The first-order valence-electron chi connectivity index (χ1n) is 11.2. The van der Waals surface area contributed by atoms with Crippen LogP contribution >= 0.6 is 0 Å². The molecule has 4 heteroatoms. The van der Waals surface area contributed by atoms with Crippen molar-refractivity contribution >= 4 is 51.9 Å². The van der Waals surface area contributed by atoms with Crippen molar-refractivity contribution in [3.8, 4) is 0 Å². The van der Waals surface area contributed by atoms with Gasteiger partial charge in [0.05, 0.1) is 22.7 Å². The number of benzene rings is 4. The Morgan fingerprint density at radius 1 is 0.500 bits per heavy atom. The molecule has 0 saturated heterocycles. The summed E-state index contributed by atoms with van der Waals surface area (Å²) in [6.45, 7) is 4.55.